The third kappa shape index (κ3) is 5.01. The van der Waals surface area contributed by atoms with Gasteiger partial charge in [-0.15, -0.1) is 0 Å². The monoisotopic (exact) mass is 583 g/mol. The van der Waals surface area contributed by atoms with Crippen molar-refractivity contribution in [2.24, 2.45) is 0 Å². The topological polar surface area (TPSA) is 102 Å². The number of thiazole rings is 1. The van der Waals surface area contributed by atoms with Crippen molar-refractivity contribution >= 4 is 55.7 Å². The number of carbonyl (C=O) groups is 2. The van der Waals surface area contributed by atoms with Gasteiger partial charge in [-0.3, -0.25) is 19.5 Å². The summed E-state index contributed by atoms with van der Waals surface area (Å²) < 4.78 is 12.4. The lowest BCUT2D eigenvalue weighted by Gasteiger charge is -2.24. The Labute approximate surface area is 244 Å². The molecule has 10 heteroatoms. The summed E-state index contributed by atoms with van der Waals surface area (Å²) in [6, 6.07) is 22.2. The van der Waals surface area contributed by atoms with Gasteiger partial charge in [-0.05, 0) is 53.6 Å². The molecule has 3 aromatic carbocycles. The molecule has 1 N–H and O–H groups in total. The van der Waals surface area contributed by atoms with E-state index in [0.29, 0.717) is 44.9 Å². The van der Waals surface area contributed by atoms with E-state index < -0.39 is 17.7 Å². The zero-order valence-electron chi connectivity index (χ0n) is 21.7. The van der Waals surface area contributed by atoms with Crippen molar-refractivity contribution in [3.8, 4) is 11.5 Å². The number of fused-ring (bicyclic) bond motifs is 1. The van der Waals surface area contributed by atoms with Crippen molar-refractivity contribution in [3.05, 3.63) is 119 Å². The van der Waals surface area contributed by atoms with Crippen molar-refractivity contribution in [1.29, 1.82) is 0 Å². The molecule has 5 aromatic rings. The second-order valence-corrected chi connectivity index (χ2v) is 10.6. The van der Waals surface area contributed by atoms with E-state index in [1.165, 1.54) is 35.7 Å². The Kier molecular flexibility index (Phi) is 7.13. The Morgan fingerprint density at radius 2 is 1.78 bits per heavy atom. The molecular weight excluding hydrogens is 562 g/mol. The molecule has 1 amide bonds. The lowest BCUT2D eigenvalue weighted by atomic mass is 9.95. The molecule has 1 aliphatic heterocycles. The van der Waals surface area contributed by atoms with Crippen LogP contribution >= 0.6 is 22.9 Å². The average molecular weight is 584 g/mol. The maximum absolute atomic E-state index is 13.6. The van der Waals surface area contributed by atoms with Gasteiger partial charge in [0.1, 0.15) is 12.4 Å². The van der Waals surface area contributed by atoms with Gasteiger partial charge in [0.2, 0.25) is 0 Å². The molecule has 0 spiro atoms. The van der Waals surface area contributed by atoms with E-state index in [0.717, 1.165) is 10.3 Å². The lowest BCUT2D eigenvalue weighted by molar-refractivity contribution is -0.132. The minimum absolute atomic E-state index is 0.0708. The molecule has 1 saturated heterocycles. The molecule has 0 aliphatic carbocycles. The number of methoxy groups -OCH3 is 1. The normalized spacial score (nSPS) is 16.3. The first-order valence-electron chi connectivity index (χ1n) is 12.6. The molecule has 204 valence electrons. The van der Waals surface area contributed by atoms with Crippen LogP contribution in [0, 0.1) is 0 Å². The summed E-state index contributed by atoms with van der Waals surface area (Å²) in [4.78, 5) is 37.0. The minimum atomic E-state index is -0.990. The van der Waals surface area contributed by atoms with E-state index in [1.807, 2.05) is 30.3 Å². The average Bonchev–Trinajstić information content (AvgIpc) is 3.53. The Morgan fingerprint density at radius 1 is 1.00 bits per heavy atom. The fraction of sp³-hybridized carbons (Fsp3) is 0.0968. The lowest BCUT2D eigenvalue weighted by Crippen LogP contribution is -2.29. The third-order valence-electron chi connectivity index (χ3n) is 6.68. The summed E-state index contributed by atoms with van der Waals surface area (Å²) in [6.07, 6.45) is 3.00. The molecular formula is C31H22ClN3O5S. The fourth-order valence-corrected chi connectivity index (χ4v) is 5.98. The first-order valence-corrected chi connectivity index (χ1v) is 13.8. The zero-order valence-corrected chi connectivity index (χ0v) is 23.2. The van der Waals surface area contributed by atoms with Gasteiger partial charge in [0.05, 0.1) is 28.9 Å². The first kappa shape index (κ1) is 26.5. The first-order chi connectivity index (χ1) is 19.9. The highest BCUT2D eigenvalue weighted by molar-refractivity contribution is 7.22. The van der Waals surface area contributed by atoms with E-state index in [4.69, 9.17) is 21.1 Å². The largest absolute Gasteiger partial charge is 0.507 e. The van der Waals surface area contributed by atoms with Crippen LogP contribution < -0.4 is 14.4 Å². The minimum Gasteiger partial charge on any atom is -0.507 e. The summed E-state index contributed by atoms with van der Waals surface area (Å²) in [5.41, 5.74) is 2.43. The van der Waals surface area contributed by atoms with Gasteiger partial charge in [0.15, 0.2) is 16.6 Å². The molecule has 2 aromatic heterocycles. The number of aliphatic hydroxyl groups is 1. The van der Waals surface area contributed by atoms with Gasteiger partial charge >= 0.3 is 5.91 Å². The number of hydrogen-bond donors (Lipinski definition) is 1. The Morgan fingerprint density at radius 3 is 2.54 bits per heavy atom. The van der Waals surface area contributed by atoms with E-state index >= 15 is 0 Å². The van der Waals surface area contributed by atoms with Gasteiger partial charge < -0.3 is 14.6 Å². The Hall–Kier alpha value is -4.73. The molecule has 0 radical (unpaired) electrons. The number of amides is 1. The fourth-order valence-electron chi connectivity index (χ4n) is 4.71. The number of carbonyl (C=O) groups excluding carboxylic acids is 2. The van der Waals surface area contributed by atoms with Crippen molar-refractivity contribution in [2.45, 2.75) is 12.6 Å². The second-order valence-electron chi connectivity index (χ2n) is 9.20. The predicted octanol–water partition coefficient (Wildman–Crippen LogP) is 6.56. The van der Waals surface area contributed by atoms with Gasteiger partial charge in [0, 0.05) is 23.0 Å². The van der Waals surface area contributed by atoms with Crippen molar-refractivity contribution in [1.82, 2.24) is 9.97 Å². The van der Waals surface area contributed by atoms with Crippen molar-refractivity contribution in [2.75, 3.05) is 12.0 Å². The Bertz CT molecular complexity index is 1810. The highest BCUT2D eigenvalue weighted by atomic mass is 35.5. The number of Topliss-reactive ketones (excluding diaryl/α,β-unsaturated/α-hetero) is 1. The molecule has 1 atom stereocenters. The molecule has 8 nitrogen and oxygen atoms in total. The summed E-state index contributed by atoms with van der Waals surface area (Å²) in [5, 5.41) is 12.2. The molecule has 41 heavy (non-hydrogen) atoms. The number of benzene rings is 3. The number of rotatable bonds is 7. The number of halogens is 1. The van der Waals surface area contributed by atoms with Crippen LogP contribution in [0.2, 0.25) is 5.02 Å². The van der Waals surface area contributed by atoms with Crippen LogP contribution in [0.1, 0.15) is 22.7 Å². The Balaban J connectivity index is 1.47. The predicted molar refractivity (Wildman–Crippen MR) is 157 cm³/mol. The van der Waals surface area contributed by atoms with Crippen LogP contribution in [0.5, 0.6) is 11.5 Å². The van der Waals surface area contributed by atoms with Crippen LogP contribution in [0.15, 0.2) is 96.8 Å². The maximum atomic E-state index is 13.6. The van der Waals surface area contributed by atoms with Crippen LogP contribution in [-0.2, 0) is 16.2 Å². The van der Waals surface area contributed by atoms with Gasteiger partial charge in [-0.2, -0.15) is 0 Å². The van der Waals surface area contributed by atoms with Crippen LogP contribution in [0.4, 0.5) is 5.13 Å². The number of aromatic nitrogens is 2. The summed E-state index contributed by atoms with van der Waals surface area (Å²) >= 11 is 7.41. The number of ketones is 1. The highest BCUT2D eigenvalue weighted by Gasteiger charge is 2.48. The molecule has 3 heterocycles. The second kappa shape index (κ2) is 11.0. The van der Waals surface area contributed by atoms with Crippen LogP contribution in [-0.4, -0.2) is 33.9 Å². The summed E-state index contributed by atoms with van der Waals surface area (Å²) in [6.45, 7) is 0.325. The number of aliphatic hydroxyl groups excluding tert-OH is 1. The van der Waals surface area contributed by atoms with Crippen molar-refractivity contribution in [3.63, 3.8) is 0 Å². The van der Waals surface area contributed by atoms with Crippen LogP contribution in [0.25, 0.3) is 16.0 Å². The van der Waals surface area contributed by atoms with Gasteiger partial charge in [-0.25, -0.2) is 4.98 Å². The number of nitrogens with zero attached hydrogens (tertiary/aromatic N) is 3. The quantitative estimate of drug-likeness (QED) is 0.131. The smallest absolute Gasteiger partial charge is 0.301 e. The van der Waals surface area contributed by atoms with E-state index in [1.54, 1.807) is 48.5 Å². The van der Waals surface area contributed by atoms with Crippen molar-refractivity contribution < 1.29 is 24.2 Å². The summed E-state index contributed by atoms with van der Waals surface area (Å²) in [5.74, 6) is -1.06. The van der Waals surface area contributed by atoms with E-state index in [-0.39, 0.29) is 11.3 Å². The maximum Gasteiger partial charge on any atom is 0.301 e. The molecule has 0 saturated carbocycles. The molecule has 0 bridgehead atoms. The van der Waals surface area contributed by atoms with Crippen LogP contribution in [0.3, 0.4) is 0 Å². The number of pyridine rings is 1. The van der Waals surface area contributed by atoms with E-state index in [9.17, 15) is 14.7 Å². The van der Waals surface area contributed by atoms with E-state index in [2.05, 4.69) is 9.97 Å². The number of anilines is 1. The van der Waals surface area contributed by atoms with Gasteiger partial charge in [0.25, 0.3) is 5.78 Å². The summed E-state index contributed by atoms with van der Waals surface area (Å²) in [7, 11) is 1.51. The van der Waals surface area contributed by atoms with Gasteiger partial charge in [-0.1, -0.05) is 59.3 Å². The highest BCUT2D eigenvalue weighted by Crippen LogP contribution is 2.46. The SMILES string of the molecule is COc1cc(C2C(=C(O)c3ccncc3)C(=O)C(=O)N2c2nc3ccc(Cl)cc3s2)ccc1OCc1ccccc1. The molecule has 1 fully saturated rings. The zero-order chi connectivity index (χ0) is 28.5. The number of ether oxygens (including phenoxy) is 2. The molecule has 1 aliphatic rings. The standard InChI is InChI=1S/C31H22ClN3O5S/c1-39-24-15-20(7-10-23(24)40-17-18-5-3-2-4-6-18)27-26(28(36)19-11-13-33-14-12-19)29(37)30(38)35(27)31-34-22-9-8-21(32)16-25(22)41-31/h2-16,27,36H,17H2,1H3. The number of hydrogen-bond acceptors (Lipinski definition) is 8. The third-order valence-corrected chi connectivity index (χ3v) is 7.94. The molecule has 1 unspecified atom stereocenters. The molecule has 6 rings (SSSR count).